The molecule has 0 atom stereocenters. The molecule has 0 fully saturated rings. The molecule has 0 amide bonds. The summed E-state index contributed by atoms with van der Waals surface area (Å²) in [5, 5.41) is 5.38. The van der Waals surface area contributed by atoms with Gasteiger partial charge in [0.2, 0.25) is 0 Å². The summed E-state index contributed by atoms with van der Waals surface area (Å²) < 4.78 is 6.56. The van der Waals surface area contributed by atoms with E-state index in [1.807, 2.05) is 42.5 Å². The molecular formula is C47H29N3O. The first-order chi connectivity index (χ1) is 25.3. The second-order valence-electron chi connectivity index (χ2n) is 12.8. The monoisotopic (exact) mass is 651 g/mol. The third-order valence-electron chi connectivity index (χ3n) is 9.66. The van der Waals surface area contributed by atoms with Gasteiger partial charge in [-0.25, -0.2) is 15.0 Å². The first-order valence-corrected chi connectivity index (χ1v) is 17.1. The predicted molar refractivity (Wildman–Crippen MR) is 209 cm³/mol. The maximum Gasteiger partial charge on any atom is 0.160 e. The number of nitrogens with zero attached hydrogens (tertiary/aromatic N) is 3. The molecule has 0 aliphatic heterocycles. The molecule has 0 bridgehead atoms. The second kappa shape index (κ2) is 11.9. The van der Waals surface area contributed by atoms with Gasteiger partial charge in [-0.15, -0.1) is 0 Å². The lowest BCUT2D eigenvalue weighted by atomic mass is 9.97. The molecule has 10 aromatic rings. The molecule has 4 heteroatoms. The topological polar surface area (TPSA) is 51.8 Å². The van der Waals surface area contributed by atoms with Gasteiger partial charge < -0.3 is 4.42 Å². The molecule has 0 spiro atoms. The Kier molecular flexibility index (Phi) is 6.78. The van der Waals surface area contributed by atoms with Gasteiger partial charge in [0.1, 0.15) is 11.2 Å². The average molecular weight is 652 g/mol. The van der Waals surface area contributed by atoms with Crippen molar-refractivity contribution in [2.75, 3.05) is 0 Å². The summed E-state index contributed by atoms with van der Waals surface area (Å²) in [6.07, 6.45) is 0. The van der Waals surface area contributed by atoms with Crippen LogP contribution in [0.15, 0.2) is 180 Å². The molecule has 0 saturated carbocycles. The number of rotatable bonds is 5. The van der Waals surface area contributed by atoms with Crippen molar-refractivity contribution < 1.29 is 4.42 Å². The SMILES string of the molecule is c1ccc(-c2cccc(-c3cc(-c4ccccc4)nc(-c4cccc(-c5nc6ccccc6c6c5ccc5c7ccccc7oc56)c4)n3)c2)cc1. The van der Waals surface area contributed by atoms with Gasteiger partial charge in [0.25, 0.3) is 0 Å². The first kappa shape index (κ1) is 29.0. The smallest absolute Gasteiger partial charge is 0.160 e. The molecule has 0 N–H and O–H groups in total. The minimum absolute atomic E-state index is 0.656. The van der Waals surface area contributed by atoms with E-state index in [9.17, 15) is 0 Å². The highest BCUT2D eigenvalue weighted by molar-refractivity contribution is 6.24. The van der Waals surface area contributed by atoms with E-state index in [1.54, 1.807) is 0 Å². The fraction of sp³-hybridized carbons (Fsp3) is 0. The molecule has 0 aliphatic carbocycles. The summed E-state index contributed by atoms with van der Waals surface area (Å²) in [6.45, 7) is 0. The van der Waals surface area contributed by atoms with Crippen LogP contribution < -0.4 is 0 Å². The predicted octanol–water partition coefficient (Wildman–Crippen LogP) is 12.4. The van der Waals surface area contributed by atoms with Crippen LogP contribution in [-0.4, -0.2) is 15.0 Å². The molecule has 0 unspecified atom stereocenters. The van der Waals surface area contributed by atoms with Gasteiger partial charge in [0.05, 0.1) is 22.6 Å². The quantitative estimate of drug-likeness (QED) is 0.174. The third kappa shape index (κ3) is 5.04. The van der Waals surface area contributed by atoms with Crippen molar-refractivity contribution in [1.29, 1.82) is 0 Å². The van der Waals surface area contributed by atoms with Crippen LogP contribution in [0.2, 0.25) is 0 Å². The van der Waals surface area contributed by atoms with Crippen molar-refractivity contribution in [3.63, 3.8) is 0 Å². The summed E-state index contributed by atoms with van der Waals surface area (Å²) >= 11 is 0. The van der Waals surface area contributed by atoms with Crippen LogP contribution in [0, 0.1) is 0 Å². The highest BCUT2D eigenvalue weighted by atomic mass is 16.3. The number of aromatic nitrogens is 3. The standard InChI is InChI=1S/C47H29N3O/c1-3-13-30(14-4-1)32-17-11-18-33(27-32)42-29-41(31-15-5-2-6-16-31)49-47(50-42)35-20-12-19-34(28-35)45-39-26-25-37-36-21-8-10-24-43(36)51-46(37)44(39)38-22-7-9-23-40(38)48-45/h1-29H. The average Bonchev–Trinajstić information content (AvgIpc) is 3.60. The van der Waals surface area contributed by atoms with E-state index in [1.165, 1.54) is 5.56 Å². The van der Waals surface area contributed by atoms with Crippen LogP contribution in [0.3, 0.4) is 0 Å². The number of hydrogen-bond donors (Lipinski definition) is 0. The number of fused-ring (bicyclic) bond motifs is 7. The lowest BCUT2D eigenvalue weighted by Crippen LogP contribution is -1.97. The van der Waals surface area contributed by atoms with Gasteiger partial charge in [-0.2, -0.15) is 0 Å². The van der Waals surface area contributed by atoms with Crippen LogP contribution in [0.1, 0.15) is 0 Å². The van der Waals surface area contributed by atoms with Gasteiger partial charge >= 0.3 is 0 Å². The minimum atomic E-state index is 0.656. The van der Waals surface area contributed by atoms with E-state index in [0.29, 0.717) is 5.82 Å². The van der Waals surface area contributed by atoms with Gasteiger partial charge in [0.15, 0.2) is 5.82 Å². The minimum Gasteiger partial charge on any atom is -0.455 e. The maximum absolute atomic E-state index is 6.56. The van der Waals surface area contributed by atoms with Crippen LogP contribution >= 0.6 is 0 Å². The summed E-state index contributed by atoms with van der Waals surface area (Å²) in [4.78, 5) is 15.6. The van der Waals surface area contributed by atoms with Crippen molar-refractivity contribution in [1.82, 2.24) is 15.0 Å². The molecule has 4 nitrogen and oxygen atoms in total. The zero-order valence-corrected chi connectivity index (χ0v) is 27.5. The van der Waals surface area contributed by atoms with E-state index in [0.717, 1.165) is 88.5 Å². The fourth-order valence-corrected chi connectivity index (χ4v) is 7.21. The fourth-order valence-electron chi connectivity index (χ4n) is 7.21. The number of pyridine rings is 1. The molecule has 0 aliphatic rings. The van der Waals surface area contributed by atoms with E-state index in [4.69, 9.17) is 19.4 Å². The summed E-state index contributed by atoms with van der Waals surface area (Å²) in [6, 6.07) is 60.7. The summed E-state index contributed by atoms with van der Waals surface area (Å²) in [5.74, 6) is 0.656. The van der Waals surface area contributed by atoms with E-state index in [2.05, 4.69) is 133 Å². The Hall–Kier alpha value is -6.91. The van der Waals surface area contributed by atoms with Gasteiger partial charge in [-0.1, -0.05) is 140 Å². The molecule has 7 aromatic carbocycles. The van der Waals surface area contributed by atoms with E-state index in [-0.39, 0.29) is 0 Å². The number of para-hydroxylation sites is 2. The van der Waals surface area contributed by atoms with Crippen LogP contribution in [-0.2, 0) is 0 Å². The highest BCUT2D eigenvalue weighted by Gasteiger charge is 2.18. The maximum atomic E-state index is 6.56. The molecule has 10 rings (SSSR count). The molecule has 238 valence electrons. The Labute approximate surface area is 294 Å². The third-order valence-corrected chi connectivity index (χ3v) is 9.66. The van der Waals surface area contributed by atoms with Crippen molar-refractivity contribution in [2.45, 2.75) is 0 Å². The van der Waals surface area contributed by atoms with Crippen molar-refractivity contribution >= 4 is 43.6 Å². The lowest BCUT2D eigenvalue weighted by molar-refractivity contribution is 0.673. The molecule has 3 heterocycles. The highest BCUT2D eigenvalue weighted by Crippen LogP contribution is 2.41. The second-order valence-corrected chi connectivity index (χ2v) is 12.8. The molecule has 0 saturated heterocycles. The Bertz CT molecular complexity index is 2910. The molecule has 3 aromatic heterocycles. The Balaban J connectivity index is 1.17. The Morgan fingerprint density at radius 2 is 0.941 bits per heavy atom. The van der Waals surface area contributed by atoms with E-state index >= 15 is 0 Å². The lowest BCUT2D eigenvalue weighted by Gasteiger charge is -2.13. The zero-order chi connectivity index (χ0) is 33.7. The van der Waals surface area contributed by atoms with Gasteiger partial charge in [0, 0.05) is 49.2 Å². The molecule has 51 heavy (non-hydrogen) atoms. The van der Waals surface area contributed by atoms with Crippen molar-refractivity contribution in [2.24, 2.45) is 0 Å². The van der Waals surface area contributed by atoms with Crippen LogP contribution in [0.25, 0.3) is 99.9 Å². The normalized spacial score (nSPS) is 11.5. The summed E-state index contributed by atoms with van der Waals surface area (Å²) in [5.41, 5.74) is 11.6. The van der Waals surface area contributed by atoms with Crippen molar-refractivity contribution in [3.8, 4) is 56.3 Å². The van der Waals surface area contributed by atoms with Gasteiger partial charge in [-0.05, 0) is 47.5 Å². The molecular weight excluding hydrogens is 623 g/mol. The van der Waals surface area contributed by atoms with Crippen LogP contribution in [0.4, 0.5) is 0 Å². The Morgan fingerprint density at radius 1 is 0.353 bits per heavy atom. The largest absolute Gasteiger partial charge is 0.455 e. The zero-order valence-electron chi connectivity index (χ0n) is 27.5. The summed E-state index contributed by atoms with van der Waals surface area (Å²) in [7, 11) is 0. The van der Waals surface area contributed by atoms with E-state index < -0.39 is 0 Å². The van der Waals surface area contributed by atoms with Crippen molar-refractivity contribution in [3.05, 3.63) is 176 Å². The van der Waals surface area contributed by atoms with Gasteiger partial charge in [-0.3, -0.25) is 0 Å². The Morgan fingerprint density at radius 3 is 1.76 bits per heavy atom. The number of furan rings is 1. The first-order valence-electron chi connectivity index (χ1n) is 17.1. The number of hydrogen-bond acceptors (Lipinski definition) is 4. The number of benzene rings is 7. The molecule has 0 radical (unpaired) electrons. The van der Waals surface area contributed by atoms with Crippen LogP contribution in [0.5, 0.6) is 0 Å².